The molecule has 1 aromatic rings. The molecule has 6 heteroatoms. The zero-order chi connectivity index (χ0) is 13.1. The number of aromatic nitrogens is 3. The van der Waals surface area contributed by atoms with E-state index in [1.165, 1.54) is 0 Å². The maximum absolute atomic E-state index is 5.85. The Balaban J connectivity index is 1.90. The minimum absolute atomic E-state index is 0.368. The molecule has 0 amide bonds. The lowest BCUT2D eigenvalue weighted by atomic mass is 10.1. The fourth-order valence-electron chi connectivity index (χ4n) is 2.40. The summed E-state index contributed by atoms with van der Waals surface area (Å²) in [6.45, 7) is 10.7. The van der Waals surface area contributed by atoms with E-state index in [0.717, 1.165) is 45.0 Å². The molecule has 2 rings (SSSR count). The molecule has 0 saturated carbocycles. The second-order valence-corrected chi connectivity index (χ2v) is 5.38. The Bertz CT molecular complexity index is 378. The maximum Gasteiger partial charge on any atom is 0.169 e. The third-order valence-electron chi connectivity index (χ3n) is 3.57. The molecular weight excluding hydrogens is 228 g/mol. The SMILES string of the molecule is CC(C)c1c(N)nnn1CCN1CCN(C)CC1. The highest BCUT2D eigenvalue weighted by Gasteiger charge is 2.16. The van der Waals surface area contributed by atoms with Crippen LogP contribution in [0.3, 0.4) is 0 Å². The molecule has 0 radical (unpaired) electrons. The van der Waals surface area contributed by atoms with Gasteiger partial charge in [0.2, 0.25) is 0 Å². The van der Waals surface area contributed by atoms with E-state index in [-0.39, 0.29) is 0 Å². The number of piperazine rings is 1. The first-order valence-electron chi connectivity index (χ1n) is 6.67. The second-order valence-electron chi connectivity index (χ2n) is 5.38. The number of likely N-dealkylation sites (N-methyl/N-ethyl adjacent to an activating group) is 1. The molecule has 0 spiro atoms. The number of hydrogen-bond acceptors (Lipinski definition) is 5. The highest BCUT2D eigenvalue weighted by atomic mass is 15.5. The maximum atomic E-state index is 5.85. The van der Waals surface area contributed by atoms with Crippen LogP contribution in [0.5, 0.6) is 0 Å². The molecule has 2 N–H and O–H groups in total. The van der Waals surface area contributed by atoms with Gasteiger partial charge in [0, 0.05) is 32.7 Å². The summed E-state index contributed by atoms with van der Waals surface area (Å²) in [6, 6.07) is 0. The van der Waals surface area contributed by atoms with E-state index in [4.69, 9.17) is 5.73 Å². The zero-order valence-electron chi connectivity index (χ0n) is 11.6. The van der Waals surface area contributed by atoms with E-state index >= 15 is 0 Å². The fourth-order valence-corrected chi connectivity index (χ4v) is 2.40. The molecule has 6 nitrogen and oxygen atoms in total. The molecule has 0 aliphatic carbocycles. The van der Waals surface area contributed by atoms with Crippen LogP contribution in [-0.2, 0) is 6.54 Å². The first kappa shape index (κ1) is 13.3. The number of anilines is 1. The molecular formula is C12H24N6. The molecule has 18 heavy (non-hydrogen) atoms. The van der Waals surface area contributed by atoms with Crippen LogP contribution in [0.2, 0.25) is 0 Å². The molecule has 1 aliphatic heterocycles. The summed E-state index contributed by atoms with van der Waals surface area (Å²) in [6.07, 6.45) is 0. The summed E-state index contributed by atoms with van der Waals surface area (Å²) in [5.74, 6) is 0.941. The number of nitrogen functional groups attached to an aromatic ring is 1. The minimum atomic E-state index is 0.368. The molecule has 0 atom stereocenters. The first-order valence-corrected chi connectivity index (χ1v) is 6.67. The molecule has 102 valence electrons. The van der Waals surface area contributed by atoms with Crippen LogP contribution >= 0.6 is 0 Å². The Hall–Kier alpha value is -1.14. The zero-order valence-corrected chi connectivity index (χ0v) is 11.6. The van der Waals surface area contributed by atoms with E-state index in [1.54, 1.807) is 0 Å². The largest absolute Gasteiger partial charge is 0.381 e. The van der Waals surface area contributed by atoms with Crippen LogP contribution in [0.4, 0.5) is 5.82 Å². The van der Waals surface area contributed by atoms with Crippen molar-refractivity contribution in [3.8, 4) is 0 Å². The van der Waals surface area contributed by atoms with E-state index in [0.29, 0.717) is 11.7 Å². The first-order chi connectivity index (χ1) is 8.58. The van der Waals surface area contributed by atoms with Gasteiger partial charge in [0.1, 0.15) is 0 Å². The summed E-state index contributed by atoms with van der Waals surface area (Å²) < 4.78 is 1.96. The van der Waals surface area contributed by atoms with Crippen LogP contribution in [-0.4, -0.2) is 64.6 Å². The van der Waals surface area contributed by atoms with E-state index < -0.39 is 0 Å². The average molecular weight is 252 g/mol. The lowest BCUT2D eigenvalue weighted by molar-refractivity contribution is 0.148. The van der Waals surface area contributed by atoms with Crippen molar-refractivity contribution < 1.29 is 0 Å². The van der Waals surface area contributed by atoms with E-state index in [2.05, 4.69) is 41.0 Å². The number of hydrogen-bond donors (Lipinski definition) is 1. The van der Waals surface area contributed by atoms with E-state index in [9.17, 15) is 0 Å². The van der Waals surface area contributed by atoms with Crippen molar-refractivity contribution in [1.29, 1.82) is 0 Å². The summed E-state index contributed by atoms with van der Waals surface area (Å²) in [4.78, 5) is 4.84. The van der Waals surface area contributed by atoms with Gasteiger partial charge >= 0.3 is 0 Å². The predicted octanol–water partition coefficient (Wildman–Crippen LogP) is 0.231. The van der Waals surface area contributed by atoms with Gasteiger partial charge in [-0.15, -0.1) is 5.10 Å². The van der Waals surface area contributed by atoms with Gasteiger partial charge in [-0.2, -0.15) is 0 Å². The van der Waals surface area contributed by atoms with Gasteiger partial charge in [-0.25, -0.2) is 4.68 Å². The summed E-state index contributed by atoms with van der Waals surface area (Å²) in [7, 11) is 2.17. The minimum Gasteiger partial charge on any atom is -0.381 e. The van der Waals surface area contributed by atoms with Gasteiger partial charge in [-0.05, 0) is 13.0 Å². The molecule has 1 aliphatic rings. The highest BCUT2D eigenvalue weighted by molar-refractivity contribution is 5.35. The van der Waals surface area contributed by atoms with Crippen LogP contribution in [0.1, 0.15) is 25.5 Å². The van der Waals surface area contributed by atoms with Crippen LogP contribution in [0.25, 0.3) is 0 Å². The van der Waals surface area contributed by atoms with Crippen molar-refractivity contribution in [3.63, 3.8) is 0 Å². The second kappa shape index (κ2) is 5.67. The van der Waals surface area contributed by atoms with Crippen molar-refractivity contribution in [1.82, 2.24) is 24.8 Å². The standard InChI is InChI=1S/C12H24N6/c1-10(2)11-12(13)14-15-18(11)9-8-17-6-4-16(3)5-7-17/h10H,4-9,13H2,1-3H3. The third kappa shape index (κ3) is 3.00. The molecule has 1 fully saturated rings. The Morgan fingerprint density at radius 2 is 1.83 bits per heavy atom. The van der Waals surface area contributed by atoms with Crippen LogP contribution < -0.4 is 5.73 Å². The molecule has 0 unspecified atom stereocenters. The molecule has 1 aromatic heterocycles. The van der Waals surface area contributed by atoms with Crippen molar-refractivity contribution in [2.45, 2.75) is 26.3 Å². The van der Waals surface area contributed by atoms with Crippen molar-refractivity contribution in [2.24, 2.45) is 0 Å². The average Bonchev–Trinajstić information content (AvgIpc) is 2.70. The summed E-state index contributed by atoms with van der Waals surface area (Å²) in [5, 5.41) is 8.12. The third-order valence-corrected chi connectivity index (χ3v) is 3.57. The Labute approximate surface area is 109 Å². The van der Waals surface area contributed by atoms with Crippen molar-refractivity contribution in [2.75, 3.05) is 45.5 Å². The van der Waals surface area contributed by atoms with Gasteiger partial charge in [0.25, 0.3) is 0 Å². The van der Waals surface area contributed by atoms with Crippen LogP contribution in [0.15, 0.2) is 0 Å². The number of rotatable bonds is 4. The van der Waals surface area contributed by atoms with Gasteiger partial charge in [-0.1, -0.05) is 19.1 Å². The lowest BCUT2D eigenvalue weighted by Crippen LogP contribution is -2.45. The Morgan fingerprint density at radius 1 is 1.17 bits per heavy atom. The van der Waals surface area contributed by atoms with Crippen LogP contribution in [0, 0.1) is 0 Å². The lowest BCUT2D eigenvalue weighted by Gasteiger charge is -2.32. The summed E-state index contributed by atoms with van der Waals surface area (Å²) >= 11 is 0. The molecule has 1 saturated heterocycles. The van der Waals surface area contributed by atoms with E-state index in [1.807, 2.05) is 4.68 Å². The van der Waals surface area contributed by atoms with Gasteiger partial charge < -0.3 is 10.6 Å². The molecule has 0 aromatic carbocycles. The normalized spacial score (nSPS) is 18.7. The topological polar surface area (TPSA) is 63.2 Å². The monoisotopic (exact) mass is 252 g/mol. The predicted molar refractivity (Wildman–Crippen MR) is 72.5 cm³/mol. The molecule has 0 bridgehead atoms. The highest BCUT2D eigenvalue weighted by Crippen LogP contribution is 2.18. The molecule has 2 heterocycles. The van der Waals surface area contributed by atoms with Gasteiger partial charge in [-0.3, -0.25) is 4.90 Å². The summed E-state index contributed by atoms with van der Waals surface area (Å²) in [5.41, 5.74) is 6.91. The van der Waals surface area contributed by atoms with Gasteiger partial charge in [0.15, 0.2) is 5.82 Å². The van der Waals surface area contributed by atoms with Crippen molar-refractivity contribution >= 4 is 5.82 Å². The number of nitrogens with two attached hydrogens (primary N) is 1. The van der Waals surface area contributed by atoms with Crippen molar-refractivity contribution in [3.05, 3.63) is 5.69 Å². The fraction of sp³-hybridized carbons (Fsp3) is 0.833. The quantitative estimate of drug-likeness (QED) is 0.831. The Morgan fingerprint density at radius 3 is 2.44 bits per heavy atom. The smallest absolute Gasteiger partial charge is 0.169 e. The van der Waals surface area contributed by atoms with Gasteiger partial charge in [0.05, 0.1) is 12.2 Å². The Kier molecular flexibility index (Phi) is 4.19. The number of nitrogens with zero attached hydrogens (tertiary/aromatic N) is 5.